The molecule has 0 bridgehead atoms. The number of rotatable bonds is 4. The van der Waals surface area contributed by atoms with Crippen molar-refractivity contribution in [3.8, 4) is 0 Å². The molecule has 1 nitrogen and oxygen atoms in total. The highest BCUT2D eigenvalue weighted by atomic mass is 79.9. The maximum atomic E-state index is 13.2. The van der Waals surface area contributed by atoms with Crippen LogP contribution in [0.15, 0.2) is 10.5 Å². The molecule has 7 heteroatoms. The Labute approximate surface area is 103 Å². The molecule has 1 aromatic rings. The van der Waals surface area contributed by atoms with E-state index >= 15 is 0 Å². The molecule has 0 radical (unpaired) electrons. The van der Waals surface area contributed by atoms with Gasteiger partial charge in [-0.1, -0.05) is 0 Å². The molecule has 0 aromatic carbocycles. The topological polar surface area (TPSA) is 12.0 Å². The number of hydrogen-bond donors (Lipinski definition) is 1. The van der Waals surface area contributed by atoms with Gasteiger partial charge in [-0.3, -0.25) is 0 Å². The van der Waals surface area contributed by atoms with Gasteiger partial charge in [-0.05, 0) is 36.0 Å². The Morgan fingerprint density at radius 3 is 2.31 bits per heavy atom. The lowest BCUT2D eigenvalue weighted by molar-refractivity contribution is -0.149. The number of alkyl halides is 4. The van der Waals surface area contributed by atoms with E-state index in [0.717, 1.165) is 16.2 Å². The summed E-state index contributed by atoms with van der Waals surface area (Å²) in [4.78, 5) is 0.970. The normalized spacial score (nSPS) is 14.5. The fourth-order valence-corrected chi connectivity index (χ4v) is 2.99. The standard InChI is InChI=1S/C9H10BrF4NS/c1-4-5(10)3-6(16-4)7(15-2)9(13,14)8(11)12/h3,7-8,15H,1-2H3. The largest absolute Gasteiger partial charge is 0.327 e. The summed E-state index contributed by atoms with van der Waals surface area (Å²) in [7, 11) is 1.24. The number of aryl methyl sites for hydroxylation is 1. The third kappa shape index (κ3) is 2.57. The molecule has 0 saturated heterocycles. The summed E-state index contributed by atoms with van der Waals surface area (Å²) in [6.45, 7) is 1.73. The zero-order valence-corrected chi connectivity index (χ0v) is 10.9. The van der Waals surface area contributed by atoms with Gasteiger partial charge in [-0.25, -0.2) is 8.78 Å². The first-order valence-corrected chi connectivity index (χ1v) is 6.00. The summed E-state index contributed by atoms with van der Waals surface area (Å²) in [5.74, 6) is -4.08. The van der Waals surface area contributed by atoms with Gasteiger partial charge >= 0.3 is 12.3 Å². The molecule has 1 rings (SSSR count). The van der Waals surface area contributed by atoms with Gasteiger partial charge in [0.25, 0.3) is 0 Å². The molecule has 0 aliphatic heterocycles. The van der Waals surface area contributed by atoms with Crippen molar-refractivity contribution in [1.29, 1.82) is 0 Å². The SMILES string of the molecule is CNC(c1cc(Br)c(C)s1)C(F)(F)C(F)F. The molecule has 0 aliphatic carbocycles. The Morgan fingerprint density at radius 2 is 2.00 bits per heavy atom. The van der Waals surface area contributed by atoms with Crippen molar-refractivity contribution < 1.29 is 17.6 Å². The van der Waals surface area contributed by atoms with Gasteiger partial charge in [-0.2, -0.15) is 8.78 Å². The molecule has 0 aliphatic rings. The van der Waals surface area contributed by atoms with Crippen molar-refractivity contribution in [2.45, 2.75) is 25.3 Å². The Morgan fingerprint density at radius 1 is 1.44 bits per heavy atom. The van der Waals surface area contributed by atoms with Crippen LogP contribution in [0, 0.1) is 6.92 Å². The van der Waals surface area contributed by atoms with E-state index in [4.69, 9.17) is 0 Å². The van der Waals surface area contributed by atoms with Crippen LogP contribution >= 0.6 is 27.3 Å². The number of nitrogens with one attached hydrogen (secondary N) is 1. The van der Waals surface area contributed by atoms with E-state index in [0.29, 0.717) is 4.47 Å². The van der Waals surface area contributed by atoms with E-state index in [-0.39, 0.29) is 4.88 Å². The van der Waals surface area contributed by atoms with Crippen LogP contribution in [0.4, 0.5) is 17.6 Å². The maximum Gasteiger partial charge on any atom is 0.327 e. The quantitative estimate of drug-likeness (QED) is 0.828. The van der Waals surface area contributed by atoms with Gasteiger partial charge < -0.3 is 5.32 Å². The average molecular weight is 320 g/mol. The van der Waals surface area contributed by atoms with Crippen molar-refractivity contribution in [1.82, 2.24) is 5.32 Å². The summed E-state index contributed by atoms with van der Waals surface area (Å²) < 4.78 is 51.6. The van der Waals surface area contributed by atoms with Crippen LogP contribution in [0.5, 0.6) is 0 Å². The first-order valence-electron chi connectivity index (χ1n) is 4.39. The Bertz CT molecular complexity index is 347. The van der Waals surface area contributed by atoms with Gasteiger partial charge in [0.15, 0.2) is 0 Å². The first kappa shape index (κ1) is 13.9. The Kier molecular flexibility index (Phi) is 4.36. The summed E-state index contributed by atoms with van der Waals surface area (Å²) in [5.41, 5.74) is 0. The minimum atomic E-state index is -4.08. The highest BCUT2D eigenvalue weighted by molar-refractivity contribution is 9.10. The molecule has 16 heavy (non-hydrogen) atoms. The molecule has 1 unspecified atom stereocenters. The summed E-state index contributed by atoms with van der Waals surface area (Å²) >= 11 is 4.24. The lowest BCUT2D eigenvalue weighted by atomic mass is 10.1. The minimum absolute atomic E-state index is 0.192. The van der Waals surface area contributed by atoms with Gasteiger partial charge in [0.2, 0.25) is 0 Å². The second-order valence-electron chi connectivity index (χ2n) is 3.25. The number of halogens is 5. The Hall–Kier alpha value is -0.140. The third-order valence-electron chi connectivity index (χ3n) is 2.13. The summed E-state index contributed by atoms with van der Waals surface area (Å²) in [6, 6.07) is -0.222. The third-order valence-corrected chi connectivity index (χ3v) is 4.33. The van der Waals surface area contributed by atoms with Crippen molar-refractivity contribution in [3.63, 3.8) is 0 Å². The van der Waals surface area contributed by atoms with Crippen LogP contribution in [-0.2, 0) is 0 Å². The van der Waals surface area contributed by atoms with E-state index in [1.54, 1.807) is 6.92 Å². The van der Waals surface area contributed by atoms with Crippen LogP contribution in [0.1, 0.15) is 15.8 Å². The second kappa shape index (κ2) is 5.01. The molecule has 0 spiro atoms. The molecule has 1 heterocycles. The minimum Gasteiger partial charge on any atom is -0.307 e. The van der Waals surface area contributed by atoms with E-state index < -0.39 is 18.4 Å². The van der Waals surface area contributed by atoms with Crippen LogP contribution < -0.4 is 5.32 Å². The van der Waals surface area contributed by atoms with Crippen LogP contribution in [0.2, 0.25) is 0 Å². The predicted octanol–water partition coefficient (Wildman–Crippen LogP) is 3.98. The van der Waals surface area contributed by atoms with Crippen molar-refractivity contribution in [3.05, 3.63) is 20.3 Å². The molecule has 1 N–H and O–H groups in total. The highest BCUT2D eigenvalue weighted by Gasteiger charge is 2.49. The zero-order valence-electron chi connectivity index (χ0n) is 8.53. The smallest absolute Gasteiger partial charge is 0.307 e. The molecule has 0 fully saturated rings. The van der Waals surface area contributed by atoms with E-state index in [1.807, 2.05) is 0 Å². The molecule has 1 aromatic heterocycles. The first-order chi connectivity index (χ1) is 7.30. The lowest BCUT2D eigenvalue weighted by Crippen LogP contribution is -2.40. The molecular weight excluding hydrogens is 310 g/mol. The van der Waals surface area contributed by atoms with Crippen LogP contribution in [-0.4, -0.2) is 19.4 Å². The van der Waals surface area contributed by atoms with E-state index in [2.05, 4.69) is 21.2 Å². The second-order valence-corrected chi connectivity index (χ2v) is 5.39. The van der Waals surface area contributed by atoms with Gasteiger partial charge in [0.05, 0.1) is 0 Å². The van der Waals surface area contributed by atoms with Crippen LogP contribution in [0.25, 0.3) is 0 Å². The van der Waals surface area contributed by atoms with Crippen LogP contribution in [0.3, 0.4) is 0 Å². The molecule has 1 atom stereocenters. The summed E-state index contributed by atoms with van der Waals surface area (Å²) in [6.07, 6.45) is -3.69. The molecular formula is C9H10BrF4NS. The number of thiophene rings is 1. The fraction of sp³-hybridized carbons (Fsp3) is 0.556. The number of hydrogen-bond acceptors (Lipinski definition) is 2. The highest BCUT2D eigenvalue weighted by Crippen LogP contribution is 2.40. The van der Waals surface area contributed by atoms with Gasteiger partial charge in [0, 0.05) is 14.2 Å². The van der Waals surface area contributed by atoms with E-state index in [9.17, 15) is 17.6 Å². The Balaban J connectivity index is 3.07. The predicted molar refractivity (Wildman–Crippen MR) is 59.5 cm³/mol. The summed E-state index contributed by atoms with van der Waals surface area (Å²) in [5, 5.41) is 2.24. The average Bonchev–Trinajstić information content (AvgIpc) is 2.47. The van der Waals surface area contributed by atoms with Crippen molar-refractivity contribution in [2.24, 2.45) is 0 Å². The van der Waals surface area contributed by atoms with Crippen molar-refractivity contribution >= 4 is 27.3 Å². The van der Waals surface area contributed by atoms with Crippen molar-refractivity contribution in [2.75, 3.05) is 7.05 Å². The molecule has 92 valence electrons. The molecule has 0 saturated carbocycles. The lowest BCUT2D eigenvalue weighted by Gasteiger charge is -2.24. The van der Waals surface area contributed by atoms with Gasteiger partial charge in [0.1, 0.15) is 6.04 Å². The zero-order chi connectivity index (χ0) is 12.5. The monoisotopic (exact) mass is 319 g/mol. The van der Waals surface area contributed by atoms with E-state index in [1.165, 1.54) is 13.1 Å². The fourth-order valence-electron chi connectivity index (χ4n) is 1.27. The van der Waals surface area contributed by atoms with Gasteiger partial charge in [-0.15, -0.1) is 11.3 Å². The maximum absolute atomic E-state index is 13.2. The molecule has 0 amide bonds.